The number of rotatable bonds is 6. The fourth-order valence-corrected chi connectivity index (χ4v) is 3.68. The average molecular weight is 420 g/mol. The van der Waals surface area contributed by atoms with E-state index < -0.39 is 37.1 Å². The van der Waals surface area contributed by atoms with Crippen LogP contribution in [-0.2, 0) is 17.6 Å². The third-order valence-electron chi connectivity index (χ3n) is 5.22. The monoisotopic (exact) mass is 419 g/mol. The lowest BCUT2D eigenvalue weighted by atomic mass is 9.90. The molecule has 7 heteroatoms. The molecular formula is C22H26ClNO5. The van der Waals surface area contributed by atoms with Crippen LogP contribution in [-0.4, -0.2) is 64.7 Å². The van der Waals surface area contributed by atoms with E-state index >= 15 is 0 Å². The number of aliphatic hydroxyl groups excluding tert-OH is 4. The van der Waals surface area contributed by atoms with Gasteiger partial charge in [0.15, 0.2) is 0 Å². The van der Waals surface area contributed by atoms with E-state index in [2.05, 4.69) is 4.99 Å². The molecule has 4 N–H and O–H groups in total. The zero-order valence-electron chi connectivity index (χ0n) is 16.1. The van der Waals surface area contributed by atoms with Crippen LogP contribution in [0.4, 0.5) is 0 Å². The van der Waals surface area contributed by atoms with E-state index in [1.54, 1.807) is 19.2 Å². The molecule has 0 aliphatic carbocycles. The van der Waals surface area contributed by atoms with Crippen LogP contribution < -0.4 is 0 Å². The lowest BCUT2D eigenvalue weighted by Crippen LogP contribution is -2.55. The van der Waals surface area contributed by atoms with Gasteiger partial charge in [0.25, 0.3) is 0 Å². The van der Waals surface area contributed by atoms with Crippen LogP contribution in [0.25, 0.3) is 0 Å². The Morgan fingerprint density at radius 2 is 1.69 bits per heavy atom. The summed E-state index contributed by atoms with van der Waals surface area (Å²) >= 11 is 6.38. The summed E-state index contributed by atoms with van der Waals surface area (Å²) in [7, 11) is 1.75. The van der Waals surface area contributed by atoms with Crippen LogP contribution in [0, 0.1) is 0 Å². The SMILES string of the molecule is CN=CCc1ccc(Cc2cc([C@@H]3O[C@H](CO)[C@@H](O)[C@H](O)[C@H]3O)ccc2Cl)cc1. The second-order valence-electron chi connectivity index (χ2n) is 7.24. The molecule has 0 amide bonds. The van der Waals surface area contributed by atoms with Gasteiger partial charge in [-0.3, -0.25) is 0 Å². The van der Waals surface area contributed by atoms with E-state index in [1.807, 2.05) is 36.5 Å². The summed E-state index contributed by atoms with van der Waals surface area (Å²) in [6.45, 7) is -0.461. The average Bonchev–Trinajstić information content (AvgIpc) is 2.73. The molecule has 0 saturated carbocycles. The van der Waals surface area contributed by atoms with Crippen molar-refractivity contribution in [2.24, 2.45) is 4.99 Å². The van der Waals surface area contributed by atoms with E-state index in [0.29, 0.717) is 17.0 Å². The zero-order valence-corrected chi connectivity index (χ0v) is 16.9. The van der Waals surface area contributed by atoms with Gasteiger partial charge in [0.05, 0.1) is 6.61 Å². The molecule has 0 unspecified atom stereocenters. The van der Waals surface area contributed by atoms with Gasteiger partial charge in [0, 0.05) is 24.7 Å². The lowest BCUT2D eigenvalue weighted by Gasteiger charge is -2.40. The number of benzene rings is 2. The smallest absolute Gasteiger partial charge is 0.113 e. The van der Waals surface area contributed by atoms with Crippen molar-refractivity contribution in [1.82, 2.24) is 0 Å². The fourth-order valence-electron chi connectivity index (χ4n) is 3.49. The lowest BCUT2D eigenvalue weighted by molar-refractivity contribution is -0.231. The van der Waals surface area contributed by atoms with Gasteiger partial charge in [0.1, 0.15) is 30.5 Å². The number of hydrogen-bond donors (Lipinski definition) is 4. The van der Waals surface area contributed by atoms with Gasteiger partial charge in [0.2, 0.25) is 0 Å². The van der Waals surface area contributed by atoms with Crippen molar-refractivity contribution in [3.8, 4) is 0 Å². The van der Waals surface area contributed by atoms with Crippen LogP contribution in [0.2, 0.25) is 5.02 Å². The van der Waals surface area contributed by atoms with E-state index in [4.69, 9.17) is 16.3 Å². The minimum absolute atomic E-state index is 0.461. The molecule has 29 heavy (non-hydrogen) atoms. The molecule has 3 rings (SSSR count). The number of halogens is 1. The van der Waals surface area contributed by atoms with Crippen LogP contribution >= 0.6 is 11.6 Å². The molecule has 1 heterocycles. The number of hydrogen-bond acceptors (Lipinski definition) is 6. The highest BCUT2D eigenvalue weighted by molar-refractivity contribution is 6.31. The quantitative estimate of drug-likeness (QED) is 0.533. The molecule has 1 aliphatic rings. The van der Waals surface area contributed by atoms with Gasteiger partial charge in [-0.2, -0.15) is 0 Å². The fraction of sp³-hybridized carbons (Fsp3) is 0.409. The Bertz CT molecular complexity index is 840. The predicted octanol–water partition coefficient (Wildman–Crippen LogP) is 1.69. The minimum atomic E-state index is -1.41. The van der Waals surface area contributed by atoms with Crippen molar-refractivity contribution < 1.29 is 25.2 Å². The van der Waals surface area contributed by atoms with Crippen LogP contribution in [0.15, 0.2) is 47.5 Å². The van der Waals surface area contributed by atoms with Crippen molar-refractivity contribution >= 4 is 17.8 Å². The van der Waals surface area contributed by atoms with Crippen molar-refractivity contribution in [3.05, 3.63) is 69.7 Å². The molecule has 1 saturated heterocycles. The second kappa shape index (κ2) is 9.80. The van der Waals surface area contributed by atoms with Crippen LogP contribution in [0.3, 0.4) is 0 Å². The summed E-state index contributed by atoms with van der Waals surface area (Å²) in [5.74, 6) is 0. The van der Waals surface area contributed by atoms with E-state index in [9.17, 15) is 20.4 Å². The predicted molar refractivity (Wildman–Crippen MR) is 112 cm³/mol. The van der Waals surface area contributed by atoms with Gasteiger partial charge in [-0.15, -0.1) is 0 Å². The summed E-state index contributed by atoms with van der Waals surface area (Å²) in [6, 6.07) is 13.4. The van der Waals surface area contributed by atoms with E-state index in [-0.39, 0.29) is 0 Å². The number of nitrogens with zero attached hydrogens (tertiary/aromatic N) is 1. The first-order valence-corrected chi connectivity index (χ1v) is 9.89. The maximum atomic E-state index is 10.4. The summed E-state index contributed by atoms with van der Waals surface area (Å²) < 4.78 is 5.65. The maximum Gasteiger partial charge on any atom is 0.113 e. The highest BCUT2D eigenvalue weighted by atomic mass is 35.5. The molecule has 1 aliphatic heterocycles. The molecule has 6 nitrogen and oxygen atoms in total. The first-order valence-electron chi connectivity index (χ1n) is 9.52. The Morgan fingerprint density at radius 3 is 2.34 bits per heavy atom. The van der Waals surface area contributed by atoms with Gasteiger partial charge in [-0.05, 0) is 34.7 Å². The third-order valence-corrected chi connectivity index (χ3v) is 5.59. The Balaban J connectivity index is 1.81. The molecule has 5 atom stereocenters. The molecule has 2 aromatic carbocycles. The van der Waals surface area contributed by atoms with Gasteiger partial charge in [-0.25, -0.2) is 0 Å². The van der Waals surface area contributed by atoms with Crippen LogP contribution in [0.1, 0.15) is 28.4 Å². The Morgan fingerprint density at radius 1 is 1.00 bits per heavy atom. The van der Waals surface area contributed by atoms with Crippen molar-refractivity contribution in [1.29, 1.82) is 0 Å². The van der Waals surface area contributed by atoms with Crippen LogP contribution in [0.5, 0.6) is 0 Å². The normalized spacial score (nSPS) is 27.4. The molecule has 0 aromatic heterocycles. The largest absolute Gasteiger partial charge is 0.394 e. The molecule has 0 radical (unpaired) electrons. The zero-order chi connectivity index (χ0) is 21.0. The van der Waals surface area contributed by atoms with Gasteiger partial charge in [-0.1, -0.05) is 48.0 Å². The molecular weight excluding hydrogens is 394 g/mol. The van der Waals surface area contributed by atoms with Gasteiger partial charge < -0.3 is 30.2 Å². The maximum absolute atomic E-state index is 10.4. The molecule has 0 spiro atoms. The summed E-state index contributed by atoms with van der Waals surface area (Å²) in [6.07, 6.45) is -2.71. The van der Waals surface area contributed by atoms with Crippen molar-refractivity contribution in [2.45, 2.75) is 43.4 Å². The van der Waals surface area contributed by atoms with Crippen molar-refractivity contribution in [3.63, 3.8) is 0 Å². The highest BCUT2D eigenvalue weighted by Gasteiger charge is 2.43. The molecule has 1 fully saturated rings. The Hall–Kier alpha value is -1.80. The number of ether oxygens (including phenoxy) is 1. The van der Waals surface area contributed by atoms with Crippen molar-refractivity contribution in [2.75, 3.05) is 13.7 Å². The Kier molecular flexibility index (Phi) is 7.40. The molecule has 2 aromatic rings. The standard InChI is InChI=1S/C22H26ClNO5/c1-24-9-8-13-2-4-14(5-3-13)10-16-11-15(6-7-17(16)23)22-21(28)20(27)19(26)18(12-25)29-22/h2-7,9,11,18-22,25-28H,8,10,12H2,1H3/t18-,19-,20+,21-,22+/m1/s1. The highest BCUT2D eigenvalue weighted by Crippen LogP contribution is 2.34. The second-order valence-corrected chi connectivity index (χ2v) is 7.65. The summed E-state index contributed by atoms with van der Waals surface area (Å²) in [4.78, 5) is 3.99. The third kappa shape index (κ3) is 5.04. The first-order chi connectivity index (χ1) is 13.9. The Labute approximate surface area is 175 Å². The molecule has 0 bridgehead atoms. The topological polar surface area (TPSA) is 103 Å². The summed E-state index contributed by atoms with van der Waals surface area (Å²) in [5.41, 5.74) is 3.72. The minimum Gasteiger partial charge on any atom is -0.394 e. The number of aliphatic imine (C=N–C) groups is 1. The van der Waals surface area contributed by atoms with E-state index in [1.165, 1.54) is 5.56 Å². The summed E-state index contributed by atoms with van der Waals surface area (Å²) in [5, 5.41) is 40.4. The molecule has 156 valence electrons. The van der Waals surface area contributed by atoms with E-state index in [0.717, 1.165) is 17.5 Å². The number of aliphatic hydroxyl groups is 4. The van der Waals surface area contributed by atoms with Gasteiger partial charge >= 0.3 is 0 Å². The first kappa shape index (κ1) is 21.9.